The Bertz CT molecular complexity index is 573. The Balaban J connectivity index is 1.97. The number of nitrogens with zero attached hydrogens (tertiary/aromatic N) is 2. The quantitative estimate of drug-likeness (QED) is 0.856. The van der Waals surface area contributed by atoms with E-state index in [1.165, 1.54) is 0 Å². The number of amides is 1. The summed E-state index contributed by atoms with van der Waals surface area (Å²) >= 11 is 0. The highest BCUT2D eigenvalue weighted by Gasteiger charge is 2.25. The Hall–Kier alpha value is -2.14. The van der Waals surface area contributed by atoms with E-state index in [2.05, 4.69) is 15.7 Å². The van der Waals surface area contributed by atoms with Crippen molar-refractivity contribution in [2.75, 3.05) is 11.9 Å². The van der Waals surface area contributed by atoms with Crippen LogP contribution in [0.5, 0.6) is 0 Å². The molecule has 2 aromatic rings. The maximum absolute atomic E-state index is 12.2. The number of carbonyl (C=O) groups excluding carboxylic acids is 1. The molecule has 0 saturated carbocycles. The van der Waals surface area contributed by atoms with Crippen LogP contribution in [0.25, 0.3) is 0 Å². The van der Waals surface area contributed by atoms with Crippen LogP contribution in [0.3, 0.4) is 0 Å². The molecular formula is C16H22N4O. The number of hydrogen-bond acceptors (Lipinski definition) is 3. The van der Waals surface area contributed by atoms with Crippen LogP contribution < -0.4 is 10.6 Å². The Morgan fingerprint density at radius 1 is 1.29 bits per heavy atom. The number of benzene rings is 1. The molecule has 112 valence electrons. The maximum Gasteiger partial charge on any atom is 0.244 e. The van der Waals surface area contributed by atoms with Crippen molar-refractivity contribution in [3.05, 3.63) is 48.3 Å². The van der Waals surface area contributed by atoms with Gasteiger partial charge in [-0.15, -0.1) is 0 Å². The zero-order valence-corrected chi connectivity index (χ0v) is 12.8. The molecule has 2 N–H and O–H groups in total. The van der Waals surface area contributed by atoms with E-state index in [-0.39, 0.29) is 5.91 Å². The molecule has 0 fully saturated rings. The average molecular weight is 286 g/mol. The number of likely N-dealkylation sites (N-methyl/N-ethyl adjacent to an activating group) is 1. The van der Waals surface area contributed by atoms with E-state index in [0.717, 1.165) is 24.3 Å². The molecule has 1 amide bonds. The second kappa shape index (κ2) is 6.54. The van der Waals surface area contributed by atoms with Crippen molar-refractivity contribution in [2.24, 2.45) is 0 Å². The minimum absolute atomic E-state index is 0.0378. The summed E-state index contributed by atoms with van der Waals surface area (Å²) in [4.78, 5) is 12.2. The molecule has 0 spiro atoms. The normalized spacial score (nSPS) is 11.4. The van der Waals surface area contributed by atoms with Gasteiger partial charge in [-0.2, -0.15) is 5.10 Å². The summed E-state index contributed by atoms with van der Waals surface area (Å²) in [6.07, 6.45) is 3.69. The highest BCUT2D eigenvalue weighted by Crippen LogP contribution is 2.13. The molecule has 0 aliphatic rings. The van der Waals surface area contributed by atoms with Gasteiger partial charge < -0.3 is 10.6 Å². The van der Waals surface area contributed by atoms with Gasteiger partial charge in [-0.3, -0.25) is 9.48 Å². The molecule has 0 bridgehead atoms. The molecule has 1 aromatic carbocycles. The van der Waals surface area contributed by atoms with Gasteiger partial charge in [0.15, 0.2) is 0 Å². The average Bonchev–Trinajstić information content (AvgIpc) is 2.94. The van der Waals surface area contributed by atoms with Crippen molar-refractivity contribution in [2.45, 2.75) is 32.9 Å². The fourth-order valence-electron chi connectivity index (χ4n) is 2.08. The smallest absolute Gasteiger partial charge is 0.244 e. The molecule has 1 aromatic heterocycles. The van der Waals surface area contributed by atoms with Gasteiger partial charge in [0.25, 0.3) is 0 Å². The second-order valence-corrected chi connectivity index (χ2v) is 5.51. The predicted molar refractivity (Wildman–Crippen MR) is 84.2 cm³/mol. The fraction of sp³-hybridized carbons (Fsp3) is 0.375. The maximum atomic E-state index is 12.2. The Labute approximate surface area is 125 Å². The number of hydrogen-bond donors (Lipinski definition) is 2. The standard InChI is InChI=1S/C16H22N4O/c1-4-17-16(2,3)15(21)19-14-8-6-13(7-9-14)12-20-11-5-10-18-20/h5-11,17H,4,12H2,1-3H3,(H,19,21). The first-order chi connectivity index (χ1) is 10.0. The van der Waals surface area contributed by atoms with Crippen molar-refractivity contribution in [3.63, 3.8) is 0 Å². The van der Waals surface area contributed by atoms with Crippen LogP contribution in [-0.2, 0) is 11.3 Å². The third kappa shape index (κ3) is 4.16. The van der Waals surface area contributed by atoms with E-state index in [1.54, 1.807) is 6.20 Å². The monoisotopic (exact) mass is 286 g/mol. The SMILES string of the molecule is CCNC(C)(C)C(=O)Nc1ccc(Cn2cccn2)cc1. The minimum atomic E-state index is -0.581. The molecule has 5 heteroatoms. The first kappa shape index (κ1) is 15.3. The number of carbonyl (C=O) groups is 1. The summed E-state index contributed by atoms with van der Waals surface area (Å²) < 4.78 is 1.86. The lowest BCUT2D eigenvalue weighted by atomic mass is 10.0. The molecule has 0 aliphatic carbocycles. The second-order valence-electron chi connectivity index (χ2n) is 5.51. The molecule has 0 atom stereocenters. The third-order valence-electron chi connectivity index (χ3n) is 3.30. The summed E-state index contributed by atoms with van der Waals surface area (Å²) in [7, 11) is 0. The number of nitrogens with one attached hydrogen (secondary N) is 2. The molecule has 0 unspecified atom stereocenters. The van der Waals surface area contributed by atoms with E-state index in [1.807, 2.05) is 62.0 Å². The highest BCUT2D eigenvalue weighted by molar-refractivity contribution is 5.97. The van der Waals surface area contributed by atoms with Gasteiger partial charge in [0, 0.05) is 18.1 Å². The molecule has 2 rings (SSSR count). The van der Waals surface area contributed by atoms with Gasteiger partial charge in [-0.1, -0.05) is 19.1 Å². The van der Waals surface area contributed by atoms with Gasteiger partial charge >= 0.3 is 0 Å². The molecule has 0 aliphatic heterocycles. The summed E-state index contributed by atoms with van der Waals surface area (Å²) in [6, 6.07) is 9.73. The molecule has 1 heterocycles. The molecule has 5 nitrogen and oxygen atoms in total. The van der Waals surface area contributed by atoms with Crippen LogP contribution in [0, 0.1) is 0 Å². The fourth-order valence-corrected chi connectivity index (χ4v) is 2.08. The lowest BCUT2D eigenvalue weighted by molar-refractivity contribution is -0.121. The Kier molecular flexibility index (Phi) is 4.75. The van der Waals surface area contributed by atoms with Crippen LogP contribution >= 0.6 is 0 Å². The van der Waals surface area contributed by atoms with Gasteiger partial charge in [-0.05, 0) is 44.2 Å². The lowest BCUT2D eigenvalue weighted by Crippen LogP contribution is -2.49. The van der Waals surface area contributed by atoms with Gasteiger partial charge in [-0.25, -0.2) is 0 Å². The van der Waals surface area contributed by atoms with E-state index >= 15 is 0 Å². The number of aromatic nitrogens is 2. The van der Waals surface area contributed by atoms with Gasteiger partial charge in [0.05, 0.1) is 12.1 Å². The summed E-state index contributed by atoms with van der Waals surface area (Å²) in [5.41, 5.74) is 1.36. The van der Waals surface area contributed by atoms with Gasteiger partial charge in [0.1, 0.15) is 0 Å². The predicted octanol–water partition coefficient (Wildman–Crippen LogP) is 2.26. The van der Waals surface area contributed by atoms with Gasteiger partial charge in [0.2, 0.25) is 5.91 Å². The zero-order chi connectivity index (χ0) is 15.3. The first-order valence-corrected chi connectivity index (χ1v) is 7.14. The van der Waals surface area contributed by atoms with Crippen LogP contribution in [0.1, 0.15) is 26.3 Å². The van der Waals surface area contributed by atoms with Crippen molar-refractivity contribution in [3.8, 4) is 0 Å². The molecule has 21 heavy (non-hydrogen) atoms. The minimum Gasteiger partial charge on any atom is -0.325 e. The Morgan fingerprint density at radius 2 is 2.00 bits per heavy atom. The molecular weight excluding hydrogens is 264 g/mol. The van der Waals surface area contributed by atoms with Crippen molar-refractivity contribution in [1.29, 1.82) is 0 Å². The summed E-state index contributed by atoms with van der Waals surface area (Å²) in [5, 5.41) is 10.3. The summed E-state index contributed by atoms with van der Waals surface area (Å²) in [6.45, 7) is 7.21. The molecule has 0 radical (unpaired) electrons. The topological polar surface area (TPSA) is 59.0 Å². The highest BCUT2D eigenvalue weighted by atomic mass is 16.2. The van der Waals surface area contributed by atoms with Crippen LogP contribution in [0.15, 0.2) is 42.7 Å². The lowest BCUT2D eigenvalue weighted by Gasteiger charge is -2.24. The van der Waals surface area contributed by atoms with E-state index in [9.17, 15) is 4.79 Å². The van der Waals surface area contributed by atoms with Crippen LogP contribution in [0.2, 0.25) is 0 Å². The van der Waals surface area contributed by atoms with Crippen molar-refractivity contribution in [1.82, 2.24) is 15.1 Å². The molecule has 0 saturated heterocycles. The third-order valence-corrected chi connectivity index (χ3v) is 3.30. The van der Waals surface area contributed by atoms with Crippen molar-refractivity contribution >= 4 is 11.6 Å². The van der Waals surface area contributed by atoms with E-state index < -0.39 is 5.54 Å². The van der Waals surface area contributed by atoms with Crippen molar-refractivity contribution < 1.29 is 4.79 Å². The van der Waals surface area contributed by atoms with E-state index in [4.69, 9.17) is 0 Å². The number of anilines is 1. The first-order valence-electron chi connectivity index (χ1n) is 7.14. The summed E-state index contributed by atoms with van der Waals surface area (Å²) in [5.74, 6) is -0.0378. The zero-order valence-electron chi connectivity index (χ0n) is 12.8. The largest absolute Gasteiger partial charge is 0.325 e. The number of rotatable bonds is 6. The Morgan fingerprint density at radius 3 is 2.57 bits per heavy atom. The van der Waals surface area contributed by atoms with E-state index in [0.29, 0.717) is 0 Å². The van der Waals surface area contributed by atoms with Crippen LogP contribution in [-0.4, -0.2) is 27.8 Å². The van der Waals surface area contributed by atoms with Crippen LogP contribution in [0.4, 0.5) is 5.69 Å².